The number of hydrogen-bond acceptors (Lipinski definition) is 4. The lowest BCUT2D eigenvalue weighted by molar-refractivity contribution is -0.144. The first-order valence-electron chi connectivity index (χ1n) is 6.09. The van der Waals surface area contributed by atoms with Gasteiger partial charge in [-0.3, -0.25) is 9.59 Å². The zero-order valence-electron chi connectivity index (χ0n) is 11.1. The molecule has 104 valence electrons. The van der Waals surface area contributed by atoms with Gasteiger partial charge in [-0.15, -0.1) is 0 Å². The molecular formula is C14H17FO4. The summed E-state index contributed by atoms with van der Waals surface area (Å²) in [5, 5.41) is 0. The monoisotopic (exact) mass is 268 g/mol. The van der Waals surface area contributed by atoms with Crippen LogP contribution in [0.4, 0.5) is 4.39 Å². The molecule has 0 bridgehead atoms. The minimum Gasteiger partial charge on any atom is -0.483 e. The number of rotatable bonds is 7. The van der Waals surface area contributed by atoms with Crippen molar-refractivity contribution in [3.63, 3.8) is 0 Å². The van der Waals surface area contributed by atoms with E-state index in [9.17, 15) is 14.0 Å². The molecule has 5 heteroatoms. The maximum Gasteiger partial charge on any atom is 0.306 e. The molecule has 0 aliphatic carbocycles. The van der Waals surface area contributed by atoms with E-state index in [1.54, 1.807) is 26.0 Å². The summed E-state index contributed by atoms with van der Waals surface area (Å²) < 4.78 is 23.3. The van der Waals surface area contributed by atoms with E-state index in [0.29, 0.717) is 5.56 Å². The summed E-state index contributed by atoms with van der Waals surface area (Å²) in [7, 11) is 0. The Morgan fingerprint density at radius 1 is 1.26 bits per heavy atom. The van der Waals surface area contributed by atoms with Crippen molar-refractivity contribution in [2.24, 2.45) is 0 Å². The predicted molar refractivity (Wildman–Crippen MR) is 67.5 cm³/mol. The van der Waals surface area contributed by atoms with Crippen LogP contribution in [-0.4, -0.2) is 25.0 Å². The molecule has 19 heavy (non-hydrogen) atoms. The molecule has 0 aromatic heterocycles. The number of benzene rings is 1. The number of ketones is 1. The Labute approximate surface area is 111 Å². The Kier molecular flexibility index (Phi) is 5.99. The molecule has 0 atom stereocenters. The van der Waals surface area contributed by atoms with E-state index < -0.39 is 11.8 Å². The highest BCUT2D eigenvalue weighted by Gasteiger charge is 2.11. The van der Waals surface area contributed by atoms with Gasteiger partial charge >= 0.3 is 5.97 Å². The van der Waals surface area contributed by atoms with Gasteiger partial charge in [-0.2, -0.15) is 0 Å². The van der Waals surface area contributed by atoms with Gasteiger partial charge < -0.3 is 9.47 Å². The third-order valence-corrected chi connectivity index (χ3v) is 2.46. The first kappa shape index (κ1) is 15.1. The number of Topliss-reactive ketones (excluding diaryl/α,β-unsaturated/α-hetero) is 1. The van der Waals surface area contributed by atoms with Crippen LogP contribution in [0, 0.1) is 12.7 Å². The van der Waals surface area contributed by atoms with Crippen LogP contribution in [0.25, 0.3) is 0 Å². The molecule has 0 spiro atoms. The Morgan fingerprint density at radius 2 is 2.00 bits per heavy atom. The second kappa shape index (κ2) is 7.51. The number of halogens is 1. The van der Waals surface area contributed by atoms with Crippen LogP contribution in [-0.2, 0) is 14.3 Å². The molecule has 1 aromatic carbocycles. The third kappa shape index (κ3) is 5.07. The fraction of sp³-hybridized carbons (Fsp3) is 0.429. The van der Waals surface area contributed by atoms with Gasteiger partial charge in [0.25, 0.3) is 0 Å². The smallest absolute Gasteiger partial charge is 0.306 e. The quantitative estimate of drug-likeness (QED) is 0.713. The van der Waals surface area contributed by atoms with E-state index in [2.05, 4.69) is 0 Å². The Balaban J connectivity index is 2.38. The third-order valence-electron chi connectivity index (χ3n) is 2.46. The van der Waals surface area contributed by atoms with E-state index in [4.69, 9.17) is 9.47 Å². The van der Waals surface area contributed by atoms with Crippen LogP contribution in [0.5, 0.6) is 5.75 Å². The predicted octanol–water partition coefficient (Wildman–Crippen LogP) is 2.43. The molecule has 0 aliphatic heterocycles. The topological polar surface area (TPSA) is 52.6 Å². The summed E-state index contributed by atoms with van der Waals surface area (Å²) >= 11 is 0. The van der Waals surface area contributed by atoms with Gasteiger partial charge in [-0.1, -0.05) is 12.1 Å². The Morgan fingerprint density at radius 3 is 2.68 bits per heavy atom. The number of ether oxygens (including phenoxy) is 2. The number of carbonyl (C=O) groups is 2. The summed E-state index contributed by atoms with van der Waals surface area (Å²) in [6.07, 6.45) is 0.0542. The van der Waals surface area contributed by atoms with Crippen molar-refractivity contribution in [2.45, 2.75) is 26.7 Å². The molecule has 0 unspecified atom stereocenters. The van der Waals surface area contributed by atoms with Crippen molar-refractivity contribution in [3.8, 4) is 5.75 Å². The zero-order valence-corrected chi connectivity index (χ0v) is 11.1. The molecule has 0 heterocycles. The molecule has 0 N–H and O–H groups in total. The SMILES string of the molecule is CCOC(=O)CCC(=O)COc1cccc(C)c1F. The van der Waals surface area contributed by atoms with Crippen molar-refractivity contribution in [1.82, 2.24) is 0 Å². The summed E-state index contributed by atoms with van der Waals surface area (Å²) in [4.78, 5) is 22.5. The van der Waals surface area contributed by atoms with Crippen molar-refractivity contribution >= 4 is 11.8 Å². The molecule has 0 fully saturated rings. The highest BCUT2D eigenvalue weighted by Crippen LogP contribution is 2.19. The average molecular weight is 268 g/mol. The lowest BCUT2D eigenvalue weighted by Crippen LogP contribution is -2.14. The molecule has 1 rings (SSSR count). The minimum absolute atomic E-state index is 0.0202. The minimum atomic E-state index is -0.472. The number of aryl methyl sites for hydroxylation is 1. The normalized spacial score (nSPS) is 10.1. The fourth-order valence-corrected chi connectivity index (χ4v) is 1.44. The number of esters is 1. The van der Waals surface area contributed by atoms with E-state index >= 15 is 0 Å². The molecule has 0 aliphatic rings. The molecule has 0 radical (unpaired) electrons. The lowest BCUT2D eigenvalue weighted by Gasteiger charge is -2.07. The molecule has 0 amide bonds. The molecule has 0 saturated carbocycles. The summed E-state index contributed by atoms with van der Waals surface area (Å²) in [6.45, 7) is 3.35. The van der Waals surface area contributed by atoms with Crippen LogP contribution >= 0.6 is 0 Å². The summed E-state index contributed by atoms with van der Waals surface area (Å²) in [5.74, 6) is -1.11. The second-order valence-electron chi connectivity index (χ2n) is 4.02. The average Bonchev–Trinajstić information content (AvgIpc) is 2.38. The maximum atomic E-state index is 13.6. The van der Waals surface area contributed by atoms with Crippen LogP contribution < -0.4 is 4.74 Å². The van der Waals surface area contributed by atoms with E-state index in [1.807, 2.05) is 0 Å². The van der Waals surface area contributed by atoms with Crippen LogP contribution in [0.3, 0.4) is 0 Å². The number of carbonyl (C=O) groups excluding carboxylic acids is 2. The van der Waals surface area contributed by atoms with Gasteiger partial charge in [-0.25, -0.2) is 4.39 Å². The van der Waals surface area contributed by atoms with E-state index in [-0.39, 0.29) is 37.6 Å². The van der Waals surface area contributed by atoms with Crippen LogP contribution in [0.15, 0.2) is 18.2 Å². The summed E-state index contributed by atoms with van der Waals surface area (Å²) in [5.41, 5.74) is 0.455. The first-order valence-corrected chi connectivity index (χ1v) is 6.09. The van der Waals surface area contributed by atoms with Crippen LogP contribution in [0.2, 0.25) is 0 Å². The van der Waals surface area contributed by atoms with Crippen molar-refractivity contribution in [2.75, 3.05) is 13.2 Å². The van der Waals surface area contributed by atoms with Crippen molar-refractivity contribution in [1.29, 1.82) is 0 Å². The highest BCUT2D eigenvalue weighted by atomic mass is 19.1. The molecule has 0 saturated heterocycles. The highest BCUT2D eigenvalue weighted by molar-refractivity contribution is 5.84. The van der Waals surface area contributed by atoms with Gasteiger partial charge in [0.15, 0.2) is 17.3 Å². The van der Waals surface area contributed by atoms with Crippen molar-refractivity contribution in [3.05, 3.63) is 29.6 Å². The fourth-order valence-electron chi connectivity index (χ4n) is 1.44. The lowest BCUT2D eigenvalue weighted by atomic mass is 10.2. The largest absolute Gasteiger partial charge is 0.483 e. The second-order valence-corrected chi connectivity index (χ2v) is 4.02. The zero-order chi connectivity index (χ0) is 14.3. The van der Waals surface area contributed by atoms with Crippen LogP contribution in [0.1, 0.15) is 25.3 Å². The Hall–Kier alpha value is -1.91. The summed E-state index contributed by atoms with van der Waals surface area (Å²) in [6, 6.07) is 4.72. The molecular weight excluding hydrogens is 251 g/mol. The number of hydrogen-bond donors (Lipinski definition) is 0. The van der Waals surface area contributed by atoms with Gasteiger partial charge in [0.1, 0.15) is 6.61 Å². The Bertz CT molecular complexity index is 457. The first-order chi connectivity index (χ1) is 9.04. The molecule has 4 nitrogen and oxygen atoms in total. The van der Waals surface area contributed by atoms with E-state index in [1.165, 1.54) is 6.07 Å². The van der Waals surface area contributed by atoms with Crippen molar-refractivity contribution < 1.29 is 23.5 Å². The van der Waals surface area contributed by atoms with Gasteiger partial charge in [-0.05, 0) is 25.5 Å². The van der Waals surface area contributed by atoms with E-state index in [0.717, 1.165) is 0 Å². The maximum absolute atomic E-state index is 13.6. The standard InChI is InChI=1S/C14H17FO4/c1-3-18-13(17)8-7-11(16)9-19-12-6-4-5-10(2)14(12)15/h4-6H,3,7-9H2,1-2H3. The van der Waals surface area contributed by atoms with Gasteiger partial charge in [0.05, 0.1) is 13.0 Å². The van der Waals surface area contributed by atoms with Gasteiger partial charge in [0, 0.05) is 6.42 Å². The molecule has 1 aromatic rings. The van der Waals surface area contributed by atoms with Gasteiger partial charge in [0.2, 0.25) is 0 Å².